The quantitative estimate of drug-likeness (QED) is 0.842. The summed E-state index contributed by atoms with van der Waals surface area (Å²) in [6.07, 6.45) is 3.64. The van der Waals surface area contributed by atoms with Crippen molar-refractivity contribution in [3.8, 4) is 11.5 Å². The Balaban J connectivity index is 1.75. The molecule has 1 fully saturated rings. The van der Waals surface area contributed by atoms with Gasteiger partial charge in [0.05, 0.1) is 4.90 Å². The van der Waals surface area contributed by atoms with Crippen LogP contribution in [0.25, 0.3) is 0 Å². The molecule has 1 aromatic carbocycles. The predicted molar refractivity (Wildman–Crippen MR) is 75.1 cm³/mol. The Hall–Kier alpha value is -1.27. The molecule has 1 aromatic rings. The van der Waals surface area contributed by atoms with Crippen molar-refractivity contribution in [2.75, 3.05) is 32.5 Å². The van der Waals surface area contributed by atoms with Crippen molar-refractivity contribution in [3.05, 3.63) is 18.2 Å². The molecular formula is C14H19NO4S. The molecule has 3 rings (SSSR count). The molecule has 0 N–H and O–H groups in total. The van der Waals surface area contributed by atoms with Crippen LogP contribution in [0.3, 0.4) is 0 Å². The number of rotatable bonds is 3. The normalized spacial score (nSPS) is 22.9. The number of nitrogens with zero attached hydrogens (tertiary/aromatic N) is 1. The lowest BCUT2D eigenvalue weighted by atomic mass is 10.2. The Morgan fingerprint density at radius 1 is 1.25 bits per heavy atom. The lowest BCUT2D eigenvalue weighted by Gasteiger charge is -2.29. The number of hydrogen-bond acceptors (Lipinski definition) is 5. The Bertz CT molecular complexity index is 593. The zero-order valence-electron chi connectivity index (χ0n) is 11.5. The van der Waals surface area contributed by atoms with Gasteiger partial charge >= 0.3 is 0 Å². The van der Waals surface area contributed by atoms with Crippen LogP contribution in [0.5, 0.6) is 11.5 Å². The van der Waals surface area contributed by atoms with Crippen LogP contribution in [0.4, 0.5) is 0 Å². The standard InChI is InChI=1S/C14H19NO4S/c1-20(16,17)12-4-5-13-14(8-12)19-11(10-18-13)9-15-6-2-3-7-15/h4-5,8,11H,2-3,6-7,9-10H2,1H3. The highest BCUT2D eigenvalue weighted by Crippen LogP contribution is 2.34. The molecule has 0 aliphatic carbocycles. The van der Waals surface area contributed by atoms with Crippen molar-refractivity contribution >= 4 is 9.84 Å². The Morgan fingerprint density at radius 3 is 2.70 bits per heavy atom. The first-order valence-electron chi connectivity index (χ1n) is 6.88. The maximum atomic E-state index is 11.6. The van der Waals surface area contributed by atoms with Crippen molar-refractivity contribution < 1.29 is 17.9 Å². The molecule has 2 aliphatic rings. The lowest BCUT2D eigenvalue weighted by molar-refractivity contribution is 0.0647. The van der Waals surface area contributed by atoms with Gasteiger partial charge < -0.3 is 9.47 Å². The Morgan fingerprint density at radius 2 is 2.00 bits per heavy atom. The number of hydrogen-bond donors (Lipinski definition) is 0. The maximum Gasteiger partial charge on any atom is 0.175 e. The molecule has 0 bridgehead atoms. The summed E-state index contributed by atoms with van der Waals surface area (Å²) in [5.41, 5.74) is 0. The summed E-state index contributed by atoms with van der Waals surface area (Å²) in [6, 6.07) is 4.77. The van der Waals surface area contributed by atoms with Crippen molar-refractivity contribution in [1.82, 2.24) is 4.90 Å². The predicted octanol–water partition coefficient (Wildman–Crippen LogP) is 1.33. The van der Waals surface area contributed by atoms with Crippen molar-refractivity contribution in [2.45, 2.75) is 23.8 Å². The fourth-order valence-electron chi connectivity index (χ4n) is 2.67. The average Bonchev–Trinajstić information content (AvgIpc) is 2.90. The van der Waals surface area contributed by atoms with Crippen LogP contribution in [-0.4, -0.2) is 51.9 Å². The van der Waals surface area contributed by atoms with Gasteiger partial charge in [0, 0.05) is 18.9 Å². The van der Waals surface area contributed by atoms with E-state index in [0.717, 1.165) is 19.6 Å². The summed E-state index contributed by atoms with van der Waals surface area (Å²) in [4.78, 5) is 2.63. The van der Waals surface area contributed by atoms with Gasteiger partial charge in [-0.15, -0.1) is 0 Å². The van der Waals surface area contributed by atoms with Crippen LogP contribution < -0.4 is 9.47 Å². The molecule has 1 saturated heterocycles. The largest absolute Gasteiger partial charge is 0.486 e. The van der Waals surface area contributed by atoms with Crippen LogP contribution in [0, 0.1) is 0 Å². The van der Waals surface area contributed by atoms with Gasteiger partial charge in [-0.25, -0.2) is 8.42 Å². The zero-order chi connectivity index (χ0) is 14.2. The molecule has 6 heteroatoms. The van der Waals surface area contributed by atoms with Crippen LogP contribution in [-0.2, 0) is 9.84 Å². The number of sulfone groups is 1. The summed E-state index contributed by atoms with van der Waals surface area (Å²) in [5, 5.41) is 0. The Labute approximate surface area is 119 Å². The monoisotopic (exact) mass is 297 g/mol. The van der Waals surface area contributed by atoms with E-state index in [0.29, 0.717) is 18.1 Å². The fourth-order valence-corrected chi connectivity index (χ4v) is 3.31. The molecule has 0 radical (unpaired) electrons. The molecule has 20 heavy (non-hydrogen) atoms. The molecule has 0 aromatic heterocycles. The number of fused-ring (bicyclic) bond motifs is 1. The van der Waals surface area contributed by atoms with Gasteiger partial charge in [0.25, 0.3) is 0 Å². The van der Waals surface area contributed by atoms with E-state index >= 15 is 0 Å². The molecule has 1 unspecified atom stereocenters. The van der Waals surface area contributed by atoms with Crippen molar-refractivity contribution in [2.24, 2.45) is 0 Å². The van der Waals surface area contributed by atoms with Crippen LogP contribution in [0.1, 0.15) is 12.8 Å². The zero-order valence-corrected chi connectivity index (χ0v) is 12.4. The molecule has 0 saturated carbocycles. The van der Waals surface area contributed by atoms with E-state index in [4.69, 9.17) is 9.47 Å². The highest BCUT2D eigenvalue weighted by Gasteiger charge is 2.25. The van der Waals surface area contributed by atoms with Gasteiger partial charge in [-0.05, 0) is 38.1 Å². The second-order valence-electron chi connectivity index (χ2n) is 5.44. The smallest absolute Gasteiger partial charge is 0.175 e. The number of benzene rings is 1. The topological polar surface area (TPSA) is 55.8 Å². The maximum absolute atomic E-state index is 11.6. The Kier molecular flexibility index (Phi) is 3.60. The van der Waals surface area contributed by atoms with Gasteiger partial charge in [-0.3, -0.25) is 4.90 Å². The second-order valence-corrected chi connectivity index (χ2v) is 7.46. The summed E-state index contributed by atoms with van der Waals surface area (Å²) in [6.45, 7) is 3.57. The van der Waals surface area contributed by atoms with E-state index in [-0.39, 0.29) is 11.0 Å². The van der Waals surface area contributed by atoms with E-state index in [2.05, 4.69) is 4.90 Å². The molecule has 1 atom stereocenters. The fraction of sp³-hybridized carbons (Fsp3) is 0.571. The molecule has 110 valence electrons. The summed E-state index contributed by atoms with van der Waals surface area (Å²) in [5.74, 6) is 1.15. The highest BCUT2D eigenvalue weighted by atomic mass is 32.2. The minimum Gasteiger partial charge on any atom is -0.486 e. The molecule has 2 heterocycles. The third-order valence-corrected chi connectivity index (χ3v) is 4.83. The summed E-state index contributed by atoms with van der Waals surface area (Å²) >= 11 is 0. The van der Waals surface area contributed by atoms with Gasteiger partial charge in [0.15, 0.2) is 21.3 Å². The van der Waals surface area contributed by atoms with E-state index in [1.807, 2.05) is 0 Å². The van der Waals surface area contributed by atoms with E-state index < -0.39 is 9.84 Å². The minimum atomic E-state index is -3.22. The summed E-state index contributed by atoms with van der Waals surface area (Å²) < 4.78 is 34.7. The van der Waals surface area contributed by atoms with Gasteiger partial charge in [0.2, 0.25) is 0 Å². The third-order valence-electron chi connectivity index (χ3n) is 3.72. The SMILES string of the molecule is CS(=O)(=O)c1ccc2c(c1)OC(CN1CCCC1)CO2. The van der Waals surface area contributed by atoms with Crippen LogP contribution >= 0.6 is 0 Å². The first-order valence-corrected chi connectivity index (χ1v) is 8.77. The average molecular weight is 297 g/mol. The van der Waals surface area contributed by atoms with Crippen molar-refractivity contribution in [1.29, 1.82) is 0 Å². The second kappa shape index (κ2) is 5.26. The molecule has 0 spiro atoms. The molecular weight excluding hydrogens is 278 g/mol. The molecule has 2 aliphatic heterocycles. The minimum absolute atomic E-state index is 0.0320. The molecule has 0 amide bonds. The number of likely N-dealkylation sites (tertiary alicyclic amines) is 1. The number of ether oxygens (including phenoxy) is 2. The van der Waals surface area contributed by atoms with E-state index in [1.165, 1.54) is 19.1 Å². The van der Waals surface area contributed by atoms with E-state index in [9.17, 15) is 8.42 Å². The van der Waals surface area contributed by atoms with Crippen LogP contribution in [0.15, 0.2) is 23.1 Å². The third kappa shape index (κ3) is 2.91. The van der Waals surface area contributed by atoms with Crippen molar-refractivity contribution in [3.63, 3.8) is 0 Å². The van der Waals surface area contributed by atoms with Gasteiger partial charge in [-0.1, -0.05) is 0 Å². The van der Waals surface area contributed by atoms with Gasteiger partial charge in [-0.2, -0.15) is 0 Å². The molecule has 5 nitrogen and oxygen atoms in total. The van der Waals surface area contributed by atoms with Crippen LogP contribution in [0.2, 0.25) is 0 Å². The first kappa shape index (κ1) is 13.7. The first-order chi connectivity index (χ1) is 9.52. The summed E-state index contributed by atoms with van der Waals surface area (Å²) in [7, 11) is -3.22. The lowest BCUT2D eigenvalue weighted by Crippen LogP contribution is -2.39. The van der Waals surface area contributed by atoms with Gasteiger partial charge in [0.1, 0.15) is 12.7 Å². The van der Waals surface area contributed by atoms with E-state index in [1.54, 1.807) is 18.2 Å². The highest BCUT2D eigenvalue weighted by molar-refractivity contribution is 7.90.